The lowest BCUT2D eigenvalue weighted by Gasteiger charge is -2.20. The minimum absolute atomic E-state index is 0.797. The van der Waals surface area contributed by atoms with Crippen LogP contribution < -0.4 is 10.6 Å². The van der Waals surface area contributed by atoms with Crippen LogP contribution in [0, 0.1) is 6.92 Å². The van der Waals surface area contributed by atoms with Crippen LogP contribution in [0.2, 0.25) is 0 Å². The molecule has 0 saturated carbocycles. The molecule has 0 radical (unpaired) electrons. The summed E-state index contributed by atoms with van der Waals surface area (Å²) < 4.78 is 0. The van der Waals surface area contributed by atoms with Gasteiger partial charge in [0, 0.05) is 24.3 Å². The molecule has 1 aliphatic heterocycles. The van der Waals surface area contributed by atoms with Gasteiger partial charge in [-0.2, -0.15) is 0 Å². The molecule has 1 aliphatic rings. The van der Waals surface area contributed by atoms with Gasteiger partial charge < -0.3 is 15.5 Å². The molecule has 1 heterocycles. The average molecular weight is 219 g/mol. The summed E-state index contributed by atoms with van der Waals surface area (Å²) >= 11 is 0. The third-order valence-corrected chi connectivity index (χ3v) is 2.80. The molecule has 2 N–H and O–H groups in total. The Morgan fingerprint density at radius 1 is 1.44 bits per heavy atom. The number of nitrogens with zero attached hydrogens (tertiary/aromatic N) is 2. The smallest absolute Gasteiger partial charge is 0.148 e. The van der Waals surface area contributed by atoms with Gasteiger partial charge in [0.1, 0.15) is 12.9 Å². The van der Waals surface area contributed by atoms with Gasteiger partial charge in [-0.1, -0.05) is 5.16 Å². The lowest BCUT2D eigenvalue weighted by atomic mass is 10.1. The van der Waals surface area contributed by atoms with E-state index in [0.29, 0.717) is 0 Å². The van der Waals surface area contributed by atoms with Crippen molar-refractivity contribution < 1.29 is 4.84 Å². The number of oxime groups is 1. The van der Waals surface area contributed by atoms with Crippen molar-refractivity contribution in [2.24, 2.45) is 5.16 Å². The fourth-order valence-electron chi connectivity index (χ4n) is 2.10. The van der Waals surface area contributed by atoms with Crippen LogP contribution in [0.1, 0.15) is 18.4 Å². The summed E-state index contributed by atoms with van der Waals surface area (Å²) in [5.41, 5.74) is 8.88. The highest BCUT2D eigenvalue weighted by molar-refractivity contribution is 6.00. The number of benzene rings is 1. The Morgan fingerprint density at radius 2 is 2.25 bits per heavy atom. The van der Waals surface area contributed by atoms with E-state index in [1.54, 1.807) is 7.11 Å². The van der Waals surface area contributed by atoms with E-state index in [4.69, 9.17) is 10.6 Å². The second-order valence-corrected chi connectivity index (χ2v) is 3.99. The van der Waals surface area contributed by atoms with Crippen molar-refractivity contribution in [1.29, 1.82) is 0 Å². The van der Waals surface area contributed by atoms with Gasteiger partial charge in [0.2, 0.25) is 0 Å². The van der Waals surface area contributed by atoms with E-state index in [1.165, 1.54) is 11.3 Å². The van der Waals surface area contributed by atoms with Gasteiger partial charge >= 0.3 is 0 Å². The first-order chi connectivity index (χ1) is 7.72. The number of nitrogens with two attached hydrogens (primary N) is 1. The molecule has 0 unspecified atom stereocenters. The summed E-state index contributed by atoms with van der Waals surface area (Å²) in [4.78, 5) is 7.06. The zero-order valence-electron chi connectivity index (χ0n) is 9.73. The maximum Gasteiger partial charge on any atom is 0.148 e. The molecule has 0 bridgehead atoms. The van der Waals surface area contributed by atoms with Gasteiger partial charge in [-0.05, 0) is 37.1 Å². The second kappa shape index (κ2) is 4.43. The van der Waals surface area contributed by atoms with Crippen LogP contribution in [-0.4, -0.2) is 19.5 Å². The van der Waals surface area contributed by atoms with E-state index < -0.39 is 0 Å². The molecule has 4 nitrogen and oxygen atoms in total. The molecule has 0 amide bonds. The van der Waals surface area contributed by atoms with Crippen molar-refractivity contribution in [3.8, 4) is 0 Å². The van der Waals surface area contributed by atoms with Gasteiger partial charge in [0.05, 0.1) is 0 Å². The normalized spacial score (nSPS) is 18.1. The van der Waals surface area contributed by atoms with Crippen LogP contribution in [0.5, 0.6) is 0 Å². The van der Waals surface area contributed by atoms with Gasteiger partial charge in [0.25, 0.3) is 0 Å². The van der Waals surface area contributed by atoms with Crippen molar-refractivity contribution >= 4 is 17.2 Å². The number of aryl methyl sites for hydroxylation is 1. The summed E-state index contributed by atoms with van der Waals surface area (Å²) in [6.45, 7) is 3.06. The molecule has 16 heavy (non-hydrogen) atoms. The molecule has 0 atom stereocenters. The van der Waals surface area contributed by atoms with E-state index in [2.05, 4.69) is 17.0 Å². The summed E-state index contributed by atoms with van der Waals surface area (Å²) in [5, 5.41) is 4.06. The summed E-state index contributed by atoms with van der Waals surface area (Å²) in [6.07, 6.45) is 2.09. The maximum absolute atomic E-state index is 5.75. The highest BCUT2D eigenvalue weighted by Gasteiger charge is 2.21. The Labute approximate surface area is 95.7 Å². The summed E-state index contributed by atoms with van der Waals surface area (Å²) in [7, 11) is 1.58. The molecule has 4 heteroatoms. The predicted octanol–water partition coefficient (Wildman–Crippen LogP) is 2.14. The molecular weight excluding hydrogens is 202 g/mol. The Morgan fingerprint density at radius 3 is 2.94 bits per heavy atom. The highest BCUT2D eigenvalue weighted by Crippen LogP contribution is 2.27. The molecular formula is C12H17N3O. The Hall–Kier alpha value is -1.71. The van der Waals surface area contributed by atoms with E-state index in [1.807, 2.05) is 18.2 Å². The fourth-order valence-corrected chi connectivity index (χ4v) is 2.10. The molecule has 1 aromatic carbocycles. The van der Waals surface area contributed by atoms with Crippen LogP contribution in [0.25, 0.3) is 0 Å². The standard InChI is InChI=1S/C12H17N3O/c1-9-8-10(13)5-6-11(9)15-7-3-4-12(15)14-16-2/h5-6,8H,3-4,7,13H2,1-2H3. The maximum atomic E-state index is 5.75. The molecule has 86 valence electrons. The number of hydrogen-bond donors (Lipinski definition) is 1. The third kappa shape index (κ3) is 1.96. The van der Waals surface area contributed by atoms with E-state index in [0.717, 1.165) is 30.9 Å². The number of rotatable bonds is 2. The highest BCUT2D eigenvalue weighted by atomic mass is 16.6. The minimum atomic E-state index is 0.797. The topological polar surface area (TPSA) is 50.8 Å². The Bertz CT molecular complexity index is 415. The Balaban J connectivity index is 2.33. The number of nitrogen functional groups attached to an aromatic ring is 1. The van der Waals surface area contributed by atoms with Crippen LogP contribution in [0.3, 0.4) is 0 Å². The summed E-state index contributed by atoms with van der Waals surface area (Å²) in [5.74, 6) is 0.996. The van der Waals surface area contributed by atoms with Crippen LogP contribution in [-0.2, 0) is 4.84 Å². The number of amidine groups is 1. The molecule has 0 aromatic heterocycles. The van der Waals surface area contributed by atoms with Crippen LogP contribution in [0.15, 0.2) is 23.4 Å². The fraction of sp³-hybridized carbons (Fsp3) is 0.417. The van der Waals surface area contributed by atoms with E-state index in [-0.39, 0.29) is 0 Å². The molecule has 1 aromatic rings. The van der Waals surface area contributed by atoms with E-state index >= 15 is 0 Å². The molecule has 0 spiro atoms. The first-order valence-electron chi connectivity index (χ1n) is 5.46. The van der Waals surface area contributed by atoms with Crippen molar-refractivity contribution in [2.75, 3.05) is 24.3 Å². The van der Waals surface area contributed by atoms with Crippen LogP contribution >= 0.6 is 0 Å². The second-order valence-electron chi connectivity index (χ2n) is 3.99. The van der Waals surface area contributed by atoms with Crippen molar-refractivity contribution in [3.05, 3.63) is 23.8 Å². The van der Waals surface area contributed by atoms with Gasteiger partial charge in [-0.25, -0.2) is 0 Å². The van der Waals surface area contributed by atoms with Gasteiger partial charge in [-0.3, -0.25) is 0 Å². The molecule has 1 fully saturated rings. The largest absolute Gasteiger partial charge is 0.399 e. The average Bonchev–Trinajstić information content (AvgIpc) is 2.67. The first kappa shape index (κ1) is 10.8. The summed E-state index contributed by atoms with van der Waals surface area (Å²) in [6, 6.07) is 5.95. The van der Waals surface area contributed by atoms with E-state index in [9.17, 15) is 0 Å². The zero-order chi connectivity index (χ0) is 11.5. The van der Waals surface area contributed by atoms with Crippen molar-refractivity contribution in [2.45, 2.75) is 19.8 Å². The van der Waals surface area contributed by atoms with Gasteiger partial charge in [-0.15, -0.1) is 0 Å². The number of hydrogen-bond acceptors (Lipinski definition) is 3. The minimum Gasteiger partial charge on any atom is -0.399 e. The monoisotopic (exact) mass is 219 g/mol. The van der Waals surface area contributed by atoms with Crippen molar-refractivity contribution in [3.63, 3.8) is 0 Å². The quantitative estimate of drug-likeness (QED) is 0.612. The van der Waals surface area contributed by atoms with Crippen LogP contribution in [0.4, 0.5) is 11.4 Å². The van der Waals surface area contributed by atoms with Gasteiger partial charge in [0.15, 0.2) is 0 Å². The Kier molecular flexibility index (Phi) is 2.99. The molecule has 0 aliphatic carbocycles. The molecule has 2 rings (SSSR count). The third-order valence-electron chi connectivity index (χ3n) is 2.80. The van der Waals surface area contributed by atoms with Crippen molar-refractivity contribution in [1.82, 2.24) is 0 Å². The SMILES string of the molecule is CON=C1CCCN1c1ccc(N)cc1C. The first-order valence-corrected chi connectivity index (χ1v) is 5.46. The molecule has 1 saturated heterocycles. The lowest BCUT2D eigenvalue weighted by molar-refractivity contribution is 0.212. The predicted molar refractivity (Wildman–Crippen MR) is 66.6 cm³/mol. The number of anilines is 2. The lowest BCUT2D eigenvalue weighted by Crippen LogP contribution is -2.25. The zero-order valence-corrected chi connectivity index (χ0v) is 9.73.